The molecule has 0 radical (unpaired) electrons. The summed E-state index contributed by atoms with van der Waals surface area (Å²) in [5, 5.41) is 0. The summed E-state index contributed by atoms with van der Waals surface area (Å²) in [4.78, 5) is 58.9. The summed E-state index contributed by atoms with van der Waals surface area (Å²) in [6, 6.07) is 23.5. The Morgan fingerprint density at radius 3 is 2.14 bits per heavy atom. The molecule has 2 aliphatic heterocycles. The zero-order valence-electron chi connectivity index (χ0n) is 29.1. The molecule has 0 spiro atoms. The molecule has 49 heavy (non-hydrogen) atoms. The highest BCUT2D eigenvalue weighted by molar-refractivity contribution is 6.15. The van der Waals surface area contributed by atoms with Gasteiger partial charge in [0.2, 0.25) is 5.91 Å². The molecule has 2 heterocycles. The fourth-order valence-electron chi connectivity index (χ4n) is 6.50. The number of hydrogen-bond donors (Lipinski definition) is 0. The molecule has 0 aromatic heterocycles. The molecule has 1 saturated carbocycles. The highest BCUT2D eigenvalue weighted by atomic mass is 16.6. The van der Waals surface area contributed by atoms with Crippen LogP contribution in [0.5, 0.6) is 5.75 Å². The van der Waals surface area contributed by atoms with E-state index in [0.29, 0.717) is 24.4 Å². The number of amides is 4. The lowest BCUT2D eigenvalue weighted by molar-refractivity contribution is -0.124. The second kappa shape index (κ2) is 13.2. The molecular weight excluding hydrogens is 622 g/mol. The van der Waals surface area contributed by atoms with Crippen molar-refractivity contribution in [3.8, 4) is 16.9 Å². The molecule has 1 unspecified atom stereocenters. The molecular formula is C39H45N3O7. The zero-order chi connectivity index (χ0) is 35.1. The van der Waals surface area contributed by atoms with Crippen molar-refractivity contribution < 1.29 is 33.4 Å². The molecule has 3 aromatic carbocycles. The van der Waals surface area contributed by atoms with Gasteiger partial charge in [-0.05, 0) is 102 Å². The van der Waals surface area contributed by atoms with E-state index < -0.39 is 35.2 Å². The predicted octanol–water partition coefficient (Wildman–Crippen LogP) is 7.55. The number of benzene rings is 3. The number of ether oxygens (including phenoxy) is 3. The van der Waals surface area contributed by atoms with Gasteiger partial charge in [0.1, 0.15) is 17.0 Å². The van der Waals surface area contributed by atoms with Crippen LogP contribution >= 0.6 is 0 Å². The number of rotatable bonds is 5. The fraction of sp³-hybridized carbons (Fsp3) is 0.436. The number of imide groups is 1. The molecule has 3 aliphatic rings. The Labute approximate surface area is 287 Å². The van der Waals surface area contributed by atoms with E-state index in [9.17, 15) is 19.2 Å². The van der Waals surface area contributed by atoms with Crippen LogP contribution in [-0.4, -0.2) is 65.8 Å². The Morgan fingerprint density at radius 1 is 0.796 bits per heavy atom. The number of hydrogen-bond acceptors (Lipinski definition) is 7. The van der Waals surface area contributed by atoms with Crippen molar-refractivity contribution in [3.05, 3.63) is 78.4 Å². The molecule has 10 heteroatoms. The van der Waals surface area contributed by atoms with Crippen LogP contribution in [0.25, 0.3) is 11.1 Å². The molecule has 3 aromatic rings. The Bertz CT molecular complexity index is 1740. The third kappa shape index (κ3) is 7.74. The van der Waals surface area contributed by atoms with Crippen molar-refractivity contribution in [1.82, 2.24) is 4.90 Å². The topological polar surface area (TPSA) is 106 Å². The smallest absolute Gasteiger partial charge is 0.421 e. The van der Waals surface area contributed by atoms with Crippen molar-refractivity contribution in [2.24, 2.45) is 5.92 Å². The van der Waals surface area contributed by atoms with Gasteiger partial charge in [-0.2, -0.15) is 0 Å². The van der Waals surface area contributed by atoms with E-state index in [2.05, 4.69) is 30.3 Å². The van der Waals surface area contributed by atoms with Crippen molar-refractivity contribution in [2.75, 3.05) is 29.5 Å². The number of anilines is 2. The van der Waals surface area contributed by atoms with Gasteiger partial charge < -0.3 is 24.0 Å². The summed E-state index contributed by atoms with van der Waals surface area (Å²) < 4.78 is 17.0. The summed E-state index contributed by atoms with van der Waals surface area (Å²) >= 11 is 0. The van der Waals surface area contributed by atoms with Crippen molar-refractivity contribution in [3.63, 3.8) is 0 Å². The Balaban J connectivity index is 1.37. The van der Waals surface area contributed by atoms with Crippen LogP contribution in [0.3, 0.4) is 0 Å². The fourth-order valence-corrected chi connectivity index (χ4v) is 6.50. The molecule has 2 fully saturated rings. The molecule has 10 nitrogen and oxygen atoms in total. The average molecular weight is 668 g/mol. The second-order valence-electron chi connectivity index (χ2n) is 15.0. The van der Waals surface area contributed by atoms with Crippen LogP contribution in [-0.2, 0) is 19.1 Å². The quantitative estimate of drug-likeness (QED) is 0.277. The van der Waals surface area contributed by atoms with Gasteiger partial charge in [0.15, 0.2) is 6.61 Å². The van der Waals surface area contributed by atoms with Crippen molar-refractivity contribution in [1.29, 1.82) is 0 Å². The number of fused-ring (bicyclic) bond motifs is 1. The molecule has 2 atom stereocenters. The summed E-state index contributed by atoms with van der Waals surface area (Å²) in [5.74, 6) is -1.08. The average Bonchev–Trinajstić information content (AvgIpc) is 3.88. The summed E-state index contributed by atoms with van der Waals surface area (Å²) in [7, 11) is 0. The minimum absolute atomic E-state index is 0.0612. The molecule has 1 saturated heterocycles. The maximum absolute atomic E-state index is 15.0. The first-order valence-electron chi connectivity index (χ1n) is 17.0. The second-order valence-corrected chi connectivity index (χ2v) is 15.0. The van der Waals surface area contributed by atoms with E-state index >= 15 is 0 Å². The molecule has 6 rings (SSSR count). The third-order valence-electron chi connectivity index (χ3n) is 8.79. The lowest BCUT2D eigenvalue weighted by Gasteiger charge is -2.41. The van der Waals surface area contributed by atoms with Crippen LogP contribution in [0.4, 0.5) is 21.0 Å². The summed E-state index contributed by atoms with van der Waals surface area (Å²) in [5.41, 5.74) is 2.44. The highest BCUT2D eigenvalue weighted by Crippen LogP contribution is 2.43. The van der Waals surface area contributed by atoms with Gasteiger partial charge in [-0.1, -0.05) is 54.6 Å². The lowest BCUT2D eigenvalue weighted by Crippen LogP contribution is -2.51. The van der Waals surface area contributed by atoms with Gasteiger partial charge in [-0.3, -0.25) is 9.59 Å². The first-order valence-corrected chi connectivity index (χ1v) is 17.0. The summed E-state index contributed by atoms with van der Waals surface area (Å²) in [6.45, 7) is 11.0. The maximum Gasteiger partial charge on any atom is 0.421 e. The monoisotopic (exact) mass is 667 g/mol. The largest absolute Gasteiger partial charge is 0.482 e. The van der Waals surface area contributed by atoms with Gasteiger partial charge in [-0.15, -0.1) is 0 Å². The maximum atomic E-state index is 15.0. The van der Waals surface area contributed by atoms with Crippen LogP contribution < -0.4 is 14.5 Å². The van der Waals surface area contributed by atoms with Gasteiger partial charge in [0.05, 0.1) is 11.6 Å². The molecule has 4 amide bonds. The molecule has 1 aliphatic carbocycles. The Morgan fingerprint density at radius 2 is 1.47 bits per heavy atom. The minimum atomic E-state index is -0.822. The molecule has 0 N–H and O–H groups in total. The van der Waals surface area contributed by atoms with Crippen molar-refractivity contribution >= 4 is 35.4 Å². The van der Waals surface area contributed by atoms with Crippen molar-refractivity contribution in [2.45, 2.75) is 84.0 Å². The lowest BCUT2D eigenvalue weighted by atomic mass is 9.79. The number of likely N-dealkylation sites (tertiary alicyclic amines) is 1. The van der Waals surface area contributed by atoms with E-state index in [1.165, 1.54) is 0 Å². The predicted molar refractivity (Wildman–Crippen MR) is 187 cm³/mol. The first-order chi connectivity index (χ1) is 23.2. The van der Waals surface area contributed by atoms with Crippen LogP contribution in [0.15, 0.2) is 72.8 Å². The standard InChI is InChI=1S/C39H45N3O7/c1-38(2,3)48-36(45)40-20-19-30(27-14-10-13-26(21-27)25-11-8-7-9-12-25)31(23-40)35(44)41(28-15-16-28)29-17-18-33-32(22-29)42(34(43)24-47-33)37(46)49-39(4,5)6/h7-14,17-18,21-22,28,30-31H,15-16,19-20,23-24H2,1-6H3/t30-,31?/m1/s1. The Kier molecular flexibility index (Phi) is 9.17. The van der Waals surface area contributed by atoms with E-state index in [1.54, 1.807) is 48.8 Å². The van der Waals surface area contributed by atoms with Gasteiger partial charge in [0.25, 0.3) is 5.91 Å². The summed E-state index contributed by atoms with van der Waals surface area (Å²) in [6.07, 6.45) is 0.945. The number of nitrogens with zero attached hydrogens (tertiary/aromatic N) is 3. The number of carbonyl (C=O) groups excluding carboxylic acids is 4. The van der Waals surface area contributed by atoms with Crippen LogP contribution in [0, 0.1) is 5.92 Å². The normalized spacial score (nSPS) is 19.4. The van der Waals surface area contributed by atoms with Crippen LogP contribution in [0.2, 0.25) is 0 Å². The van der Waals surface area contributed by atoms with Crippen LogP contribution in [0.1, 0.15) is 72.3 Å². The third-order valence-corrected chi connectivity index (χ3v) is 8.79. The Hall–Kier alpha value is -4.86. The number of piperidine rings is 1. The molecule has 0 bridgehead atoms. The SMILES string of the molecule is CC(C)(C)OC(=O)N1CC[C@H](c2cccc(-c3ccccc3)c2)C(C(=O)N(c2ccc3c(c2)N(C(=O)OC(C)(C)C)C(=O)CO3)C2CC2)C1. The van der Waals surface area contributed by atoms with E-state index in [1.807, 2.05) is 45.0 Å². The highest BCUT2D eigenvalue weighted by Gasteiger charge is 2.45. The van der Waals surface area contributed by atoms with Gasteiger partial charge >= 0.3 is 12.2 Å². The van der Waals surface area contributed by atoms with E-state index in [0.717, 1.165) is 34.4 Å². The van der Waals surface area contributed by atoms with E-state index in [4.69, 9.17) is 14.2 Å². The number of carbonyl (C=O) groups is 4. The van der Waals surface area contributed by atoms with Gasteiger partial charge in [0, 0.05) is 24.8 Å². The van der Waals surface area contributed by atoms with Gasteiger partial charge in [-0.25, -0.2) is 14.5 Å². The zero-order valence-corrected chi connectivity index (χ0v) is 29.1. The first kappa shape index (κ1) is 34.0. The minimum Gasteiger partial charge on any atom is -0.482 e. The molecule has 258 valence electrons. The van der Waals surface area contributed by atoms with E-state index in [-0.39, 0.29) is 36.7 Å².